The van der Waals surface area contributed by atoms with Gasteiger partial charge in [0.05, 0.1) is 11.3 Å². The van der Waals surface area contributed by atoms with Crippen LogP contribution < -0.4 is 5.73 Å². The Labute approximate surface area is 100 Å². The fourth-order valence-corrected chi connectivity index (χ4v) is 1.48. The van der Waals surface area contributed by atoms with Crippen molar-refractivity contribution in [2.75, 3.05) is 5.73 Å². The number of alkyl halides is 3. The minimum absolute atomic E-state index is 0.0577. The van der Waals surface area contributed by atoms with E-state index in [4.69, 9.17) is 5.73 Å². The second-order valence-corrected chi connectivity index (χ2v) is 3.67. The lowest BCUT2D eigenvalue weighted by molar-refractivity contribution is -0.137. The Kier molecular flexibility index (Phi) is 2.94. The smallest absolute Gasteiger partial charge is 0.384 e. The second-order valence-electron chi connectivity index (χ2n) is 3.67. The molecule has 0 unspecified atom stereocenters. The molecule has 0 aliphatic heterocycles. The second kappa shape index (κ2) is 4.29. The molecule has 0 radical (unpaired) electrons. The van der Waals surface area contributed by atoms with Crippen molar-refractivity contribution >= 4 is 5.82 Å². The first-order valence-electron chi connectivity index (χ1n) is 4.97. The van der Waals surface area contributed by atoms with Crippen LogP contribution in [-0.4, -0.2) is 4.98 Å². The summed E-state index contributed by atoms with van der Waals surface area (Å²) >= 11 is 0. The van der Waals surface area contributed by atoms with E-state index in [-0.39, 0.29) is 11.5 Å². The largest absolute Gasteiger partial charge is 0.416 e. The first kappa shape index (κ1) is 12.3. The van der Waals surface area contributed by atoms with Gasteiger partial charge >= 0.3 is 6.18 Å². The fourth-order valence-electron chi connectivity index (χ4n) is 1.48. The van der Waals surface area contributed by atoms with Gasteiger partial charge in [0.1, 0.15) is 11.6 Å². The zero-order chi connectivity index (χ0) is 13.3. The molecule has 0 aliphatic carbocycles. The highest BCUT2D eigenvalue weighted by Crippen LogP contribution is 2.32. The summed E-state index contributed by atoms with van der Waals surface area (Å²) in [5, 5.41) is 0. The van der Waals surface area contributed by atoms with Crippen LogP contribution in [0.3, 0.4) is 0 Å². The molecule has 0 aliphatic rings. The number of nitrogens with two attached hydrogens (primary N) is 1. The van der Waals surface area contributed by atoms with Crippen molar-refractivity contribution in [3.05, 3.63) is 47.8 Å². The molecule has 2 aromatic rings. The number of pyridine rings is 1. The Morgan fingerprint density at radius 1 is 1.00 bits per heavy atom. The molecule has 0 amide bonds. The molecule has 0 saturated carbocycles. The number of halogens is 4. The summed E-state index contributed by atoms with van der Waals surface area (Å²) in [4.78, 5) is 3.80. The number of anilines is 1. The van der Waals surface area contributed by atoms with Gasteiger partial charge in [0.25, 0.3) is 0 Å². The Morgan fingerprint density at radius 3 is 2.17 bits per heavy atom. The van der Waals surface area contributed by atoms with Gasteiger partial charge in [0, 0.05) is 5.56 Å². The van der Waals surface area contributed by atoms with Gasteiger partial charge in [0.2, 0.25) is 0 Å². The van der Waals surface area contributed by atoms with E-state index in [2.05, 4.69) is 4.98 Å². The van der Waals surface area contributed by atoms with Gasteiger partial charge in [-0.25, -0.2) is 9.37 Å². The molecular formula is C12H8F4N2. The Bertz CT molecular complexity index is 561. The summed E-state index contributed by atoms with van der Waals surface area (Å²) < 4.78 is 50.5. The monoisotopic (exact) mass is 256 g/mol. The lowest BCUT2D eigenvalue weighted by Gasteiger charge is -2.09. The van der Waals surface area contributed by atoms with Crippen molar-refractivity contribution in [1.82, 2.24) is 4.98 Å². The molecule has 0 atom stereocenters. The van der Waals surface area contributed by atoms with Crippen molar-refractivity contribution in [2.24, 2.45) is 0 Å². The molecule has 2 nitrogen and oxygen atoms in total. The van der Waals surface area contributed by atoms with Crippen molar-refractivity contribution in [3.63, 3.8) is 0 Å². The van der Waals surface area contributed by atoms with Crippen molar-refractivity contribution in [3.8, 4) is 11.3 Å². The van der Waals surface area contributed by atoms with E-state index in [1.807, 2.05) is 0 Å². The topological polar surface area (TPSA) is 38.9 Å². The van der Waals surface area contributed by atoms with Crippen LogP contribution in [0, 0.1) is 5.82 Å². The van der Waals surface area contributed by atoms with E-state index in [1.54, 1.807) is 0 Å². The average Bonchev–Trinajstić information content (AvgIpc) is 2.28. The van der Waals surface area contributed by atoms with Crippen LogP contribution >= 0.6 is 0 Å². The fraction of sp³-hybridized carbons (Fsp3) is 0.0833. The number of hydrogen-bond donors (Lipinski definition) is 1. The Hall–Kier alpha value is -2.11. The van der Waals surface area contributed by atoms with Gasteiger partial charge in [-0.05, 0) is 36.4 Å². The summed E-state index contributed by atoms with van der Waals surface area (Å²) in [6, 6.07) is 6.62. The lowest BCUT2D eigenvalue weighted by atomic mass is 10.1. The van der Waals surface area contributed by atoms with Gasteiger partial charge in [-0.15, -0.1) is 0 Å². The Balaban J connectivity index is 2.52. The maximum Gasteiger partial charge on any atom is 0.416 e. The predicted molar refractivity (Wildman–Crippen MR) is 59.0 cm³/mol. The molecule has 0 spiro atoms. The Morgan fingerprint density at radius 2 is 1.61 bits per heavy atom. The summed E-state index contributed by atoms with van der Waals surface area (Å²) in [6.45, 7) is 0. The highest BCUT2D eigenvalue weighted by molar-refractivity contribution is 5.62. The van der Waals surface area contributed by atoms with Crippen LogP contribution in [0.25, 0.3) is 11.3 Å². The quantitative estimate of drug-likeness (QED) is 0.793. The molecule has 2 rings (SSSR count). The maximum absolute atomic E-state index is 12.7. The molecule has 6 heteroatoms. The van der Waals surface area contributed by atoms with Crippen LogP contribution in [0.2, 0.25) is 0 Å². The third-order valence-electron chi connectivity index (χ3n) is 2.31. The molecule has 1 aromatic heterocycles. The molecule has 0 bridgehead atoms. The van der Waals surface area contributed by atoms with Gasteiger partial charge < -0.3 is 5.73 Å². The normalized spacial score (nSPS) is 11.6. The van der Waals surface area contributed by atoms with Gasteiger partial charge in [-0.3, -0.25) is 0 Å². The van der Waals surface area contributed by atoms with Crippen LogP contribution in [0.1, 0.15) is 5.56 Å². The van der Waals surface area contributed by atoms with E-state index in [0.717, 1.165) is 24.3 Å². The van der Waals surface area contributed by atoms with Gasteiger partial charge in [0.15, 0.2) is 0 Å². The van der Waals surface area contributed by atoms with E-state index >= 15 is 0 Å². The molecule has 1 aromatic carbocycles. The number of nitrogens with zero attached hydrogens (tertiary/aromatic N) is 1. The van der Waals surface area contributed by atoms with Gasteiger partial charge in [-0.1, -0.05) is 0 Å². The zero-order valence-corrected chi connectivity index (χ0v) is 9.00. The highest BCUT2D eigenvalue weighted by Gasteiger charge is 2.31. The molecule has 18 heavy (non-hydrogen) atoms. The number of benzene rings is 1. The van der Waals surface area contributed by atoms with Gasteiger partial charge in [-0.2, -0.15) is 13.2 Å². The number of nitrogen functional groups attached to an aromatic ring is 1. The molecule has 0 saturated heterocycles. The standard InChI is InChI=1S/C12H8F4N2/c13-9-3-1-7(2-4-9)10-5-8(12(14,15)16)6-11(17)18-10/h1-6H,(H2,17,18). The molecule has 94 valence electrons. The molecular weight excluding hydrogens is 248 g/mol. The third-order valence-corrected chi connectivity index (χ3v) is 2.31. The predicted octanol–water partition coefficient (Wildman–Crippen LogP) is 3.49. The van der Waals surface area contributed by atoms with E-state index in [1.165, 1.54) is 12.1 Å². The summed E-state index contributed by atoms with van der Waals surface area (Å²) in [5.41, 5.74) is 4.89. The number of aromatic nitrogens is 1. The van der Waals surface area contributed by atoms with Crippen molar-refractivity contribution < 1.29 is 17.6 Å². The summed E-state index contributed by atoms with van der Waals surface area (Å²) in [6.07, 6.45) is -4.49. The van der Waals surface area contributed by atoms with E-state index in [9.17, 15) is 17.6 Å². The molecule has 2 N–H and O–H groups in total. The van der Waals surface area contributed by atoms with Crippen molar-refractivity contribution in [2.45, 2.75) is 6.18 Å². The van der Waals surface area contributed by atoms with Crippen LogP contribution in [0.4, 0.5) is 23.4 Å². The van der Waals surface area contributed by atoms with Crippen LogP contribution in [0.15, 0.2) is 36.4 Å². The van der Waals surface area contributed by atoms with Crippen LogP contribution in [-0.2, 0) is 6.18 Å². The van der Waals surface area contributed by atoms with Crippen molar-refractivity contribution in [1.29, 1.82) is 0 Å². The van der Waals surface area contributed by atoms with E-state index < -0.39 is 17.6 Å². The highest BCUT2D eigenvalue weighted by atomic mass is 19.4. The van der Waals surface area contributed by atoms with E-state index in [0.29, 0.717) is 5.56 Å². The minimum atomic E-state index is -4.49. The first-order valence-corrected chi connectivity index (χ1v) is 4.97. The first-order chi connectivity index (χ1) is 8.36. The summed E-state index contributed by atoms with van der Waals surface area (Å²) in [7, 11) is 0. The average molecular weight is 256 g/mol. The number of hydrogen-bond acceptors (Lipinski definition) is 2. The lowest BCUT2D eigenvalue weighted by Crippen LogP contribution is -2.07. The van der Waals surface area contributed by atoms with Crippen LogP contribution in [0.5, 0.6) is 0 Å². The maximum atomic E-state index is 12.7. The molecule has 0 fully saturated rings. The third kappa shape index (κ3) is 2.58. The summed E-state index contributed by atoms with van der Waals surface area (Å²) in [5.74, 6) is -0.706. The molecule has 1 heterocycles. The zero-order valence-electron chi connectivity index (χ0n) is 9.00. The number of rotatable bonds is 1. The minimum Gasteiger partial charge on any atom is -0.384 e. The SMILES string of the molecule is Nc1cc(C(F)(F)F)cc(-c2ccc(F)cc2)n1.